The van der Waals surface area contributed by atoms with Crippen molar-refractivity contribution in [3.8, 4) is 0 Å². The summed E-state index contributed by atoms with van der Waals surface area (Å²) in [6, 6.07) is -0.463. The van der Waals surface area contributed by atoms with Crippen LogP contribution in [0.25, 0.3) is 0 Å². The fraction of sp³-hybridized carbons (Fsp3) is 0.583. The minimum atomic E-state index is -0.420. The van der Waals surface area contributed by atoms with Crippen LogP contribution in [0.4, 0.5) is 4.79 Å². The third-order valence-electron chi connectivity index (χ3n) is 4.03. The highest BCUT2D eigenvalue weighted by atomic mass is 16.5. The number of carbonyl (C=O) groups is 1. The van der Waals surface area contributed by atoms with Crippen LogP contribution in [0.1, 0.15) is 30.3 Å². The van der Waals surface area contributed by atoms with Gasteiger partial charge in [-0.1, -0.05) is 0 Å². The van der Waals surface area contributed by atoms with Crippen molar-refractivity contribution in [2.24, 2.45) is 12.0 Å². The van der Waals surface area contributed by atoms with Gasteiger partial charge in [0.1, 0.15) is 11.9 Å². The topological polar surface area (TPSA) is 86.0 Å². The van der Waals surface area contributed by atoms with Gasteiger partial charge in [0, 0.05) is 32.7 Å². The summed E-state index contributed by atoms with van der Waals surface area (Å²) in [5.41, 5.74) is 4.06. The lowest BCUT2D eigenvalue weighted by Crippen LogP contribution is -2.43. The van der Waals surface area contributed by atoms with Crippen molar-refractivity contribution in [1.29, 1.82) is 0 Å². The molecular weight excluding hydrogens is 260 g/mol. The third-order valence-corrected chi connectivity index (χ3v) is 4.03. The van der Waals surface area contributed by atoms with Gasteiger partial charge in [0.2, 0.25) is 0 Å². The maximum atomic E-state index is 12.4. The number of hydroxylamine groups is 1. The van der Waals surface area contributed by atoms with Gasteiger partial charge in [0.25, 0.3) is 0 Å². The Morgan fingerprint density at radius 1 is 1.60 bits per heavy atom. The summed E-state index contributed by atoms with van der Waals surface area (Å²) in [6.45, 7) is 2.99. The minimum absolute atomic E-state index is 0.0176. The van der Waals surface area contributed by atoms with Gasteiger partial charge in [-0.2, -0.15) is 5.10 Å². The predicted molar refractivity (Wildman–Crippen MR) is 71.5 cm³/mol. The molecule has 2 bridgehead atoms. The maximum absolute atomic E-state index is 12.4. The van der Waals surface area contributed by atoms with Crippen molar-refractivity contribution in [3.63, 3.8) is 0 Å². The van der Waals surface area contributed by atoms with Crippen LogP contribution in [-0.4, -0.2) is 56.8 Å². The van der Waals surface area contributed by atoms with Crippen LogP contribution in [0.3, 0.4) is 0 Å². The van der Waals surface area contributed by atoms with Crippen molar-refractivity contribution in [2.75, 3.05) is 20.1 Å². The molecule has 1 aromatic rings. The summed E-state index contributed by atoms with van der Waals surface area (Å²) < 4.78 is 1.74. The molecule has 0 aromatic carbocycles. The molecule has 1 fully saturated rings. The molecule has 2 N–H and O–H groups in total. The Morgan fingerprint density at radius 3 is 3.00 bits per heavy atom. The molecular formula is C12H18N6O2. The standard InChI is InChI=1S/C12H18N6O2/c1-4-13-11(15-20)10-9-7(5-14-17(9)3)8-6-18(10)12(19)16(8)2/h5,8,10,20H,4,6H2,1-3H3,(H,13,15)/t8-,10-/m0/s1. The fourth-order valence-corrected chi connectivity index (χ4v) is 3.08. The minimum Gasteiger partial charge on any atom is -0.319 e. The van der Waals surface area contributed by atoms with Crippen LogP contribution in [0.2, 0.25) is 0 Å². The molecule has 1 saturated heterocycles. The van der Waals surface area contributed by atoms with E-state index in [0.29, 0.717) is 18.9 Å². The average molecular weight is 278 g/mol. The Hall–Kier alpha value is -2.09. The lowest BCUT2D eigenvalue weighted by Gasteiger charge is -2.31. The number of nitrogens with zero attached hydrogens (tertiary/aromatic N) is 5. The van der Waals surface area contributed by atoms with Crippen molar-refractivity contribution in [1.82, 2.24) is 25.1 Å². The van der Waals surface area contributed by atoms with Gasteiger partial charge in [0.05, 0.1) is 17.9 Å². The SMILES string of the molecule is CCN=C(NO)[C@@H]1c2c(cnn2C)[C@@H]2CN1C(=O)N2C. The first-order chi connectivity index (χ1) is 9.60. The number of aliphatic imine (C=N–C) groups is 1. The Labute approximate surface area is 116 Å². The number of carbonyl (C=O) groups excluding carboxylic acids is 1. The first-order valence-corrected chi connectivity index (χ1v) is 6.59. The molecule has 8 heteroatoms. The number of amidine groups is 1. The predicted octanol–water partition coefficient (Wildman–Crippen LogP) is 0.280. The van der Waals surface area contributed by atoms with Gasteiger partial charge >= 0.3 is 6.03 Å². The number of amides is 2. The molecule has 108 valence electrons. The average Bonchev–Trinajstić information content (AvgIpc) is 2.94. The molecule has 0 unspecified atom stereocenters. The van der Waals surface area contributed by atoms with Crippen LogP contribution < -0.4 is 5.48 Å². The zero-order valence-electron chi connectivity index (χ0n) is 11.7. The van der Waals surface area contributed by atoms with E-state index in [1.165, 1.54) is 0 Å². The van der Waals surface area contributed by atoms with Crippen LogP contribution in [0.15, 0.2) is 11.2 Å². The Balaban J connectivity index is 2.16. The number of urea groups is 1. The van der Waals surface area contributed by atoms with E-state index in [9.17, 15) is 10.0 Å². The van der Waals surface area contributed by atoms with E-state index in [1.807, 2.05) is 14.0 Å². The second-order valence-corrected chi connectivity index (χ2v) is 5.04. The van der Waals surface area contributed by atoms with Crippen LogP contribution in [0, 0.1) is 0 Å². The van der Waals surface area contributed by atoms with E-state index in [0.717, 1.165) is 11.3 Å². The first-order valence-electron chi connectivity index (χ1n) is 6.59. The molecule has 0 radical (unpaired) electrons. The van der Waals surface area contributed by atoms with Gasteiger partial charge < -0.3 is 9.80 Å². The molecule has 2 aliphatic heterocycles. The number of hydrogen-bond donors (Lipinski definition) is 2. The lowest BCUT2D eigenvalue weighted by atomic mass is 9.97. The molecule has 2 amide bonds. The summed E-state index contributed by atoms with van der Waals surface area (Å²) in [5.74, 6) is 0.374. The maximum Gasteiger partial charge on any atom is 0.321 e. The molecule has 8 nitrogen and oxygen atoms in total. The molecule has 2 aliphatic rings. The normalized spacial score (nSPS) is 25.2. The highest BCUT2D eigenvalue weighted by Gasteiger charge is 2.49. The number of aromatic nitrogens is 2. The highest BCUT2D eigenvalue weighted by molar-refractivity contribution is 5.93. The Morgan fingerprint density at radius 2 is 2.35 bits per heavy atom. The highest BCUT2D eigenvalue weighted by Crippen LogP contribution is 2.42. The van der Waals surface area contributed by atoms with Crippen molar-refractivity contribution in [2.45, 2.75) is 19.0 Å². The summed E-state index contributed by atoms with van der Waals surface area (Å²) in [5, 5.41) is 13.7. The molecule has 2 atom stereocenters. The molecule has 3 rings (SSSR count). The zero-order chi connectivity index (χ0) is 14.4. The van der Waals surface area contributed by atoms with Crippen molar-refractivity contribution >= 4 is 11.9 Å². The fourth-order valence-electron chi connectivity index (χ4n) is 3.08. The number of fused-ring (bicyclic) bond motifs is 4. The van der Waals surface area contributed by atoms with Crippen molar-refractivity contribution in [3.05, 3.63) is 17.5 Å². The van der Waals surface area contributed by atoms with Gasteiger partial charge in [-0.05, 0) is 6.92 Å². The van der Waals surface area contributed by atoms with Crippen LogP contribution >= 0.6 is 0 Å². The van der Waals surface area contributed by atoms with Crippen molar-refractivity contribution < 1.29 is 10.0 Å². The Kier molecular flexibility index (Phi) is 2.89. The second kappa shape index (κ2) is 4.48. The first kappa shape index (κ1) is 12.9. The summed E-state index contributed by atoms with van der Waals surface area (Å²) in [6.07, 6.45) is 1.79. The quantitative estimate of drug-likeness (QED) is 0.462. The number of hydrogen-bond acceptors (Lipinski definition) is 4. The number of likely N-dealkylation sites (N-methyl/N-ethyl adjacent to an activating group) is 1. The third kappa shape index (κ3) is 1.54. The van der Waals surface area contributed by atoms with Crippen LogP contribution in [-0.2, 0) is 7.05 Å². The summed E-state index contributed by atoms with van der Waals surface area (Å²) in [7, 11) is 3.62. The van der Waals surface area contributed by atoms with E-state index in [1.54, 1.807) is 27.7 Å². The largest absolute Gasteiger partial charge is 0.321 e. The summed E-state index contributed by atoms with van der Waals surface area (Å²) in [4.78, 5) is 20.0. The van der Waals surface area contributed by atoms with E-state index < -0.39 is 6.04 Å². The van der Waals surface area contributed by atoms with Crippen LogP contribution in [0.5, 0.6) is 0 Å². The molecule has 1 aromatic heterocycles. The molecule has 0 saturated carbocycles. The molecule has 0 aliphatic carbocycles. The molecule has 0 spiro atoms. The molecule has 3 heterocycles. The number of aryl methyl sites for hydroxylation is 1. The van der Waals surface area contributed by atoms with Gasteiger partial charge in [-0.15, -0.1) is 0 Å². The number of nitrogens with one attached hydrogen (secondary N) is 1. The van der Waals surface area contributed by atoms with E-state index in [4.69, 9.17) is 0 Å². The van der Waals surface area contributed by atoms with Gasteiger partial charge in [-0.25, -0.2) is 4.79 Å². The Bertz CT molecular complexity index is 581. The lowest BCUT2D eigenvalue weighted by molar-refractivity contribution is 0.184. The van der Waals surface area contributed by atoms with Gasteiger partial charge in [0.15, 0.2) is 0 Å². The zero-order valence-corrected chi connectivity index (χ0v) is 11.7. The monoisotopic (exact) mass is 278 g/mol. The summed E-state index contributed by atoms with van der Waals surface area (Å²) >= 11 is 0. The number of rotatable bonds is 2. The van der Waals surface area contributed by atoms with E-state index in [-0.39, 0.29) is 12.1 Å². The smallest absolute Gasteiger partial charge is 0.319 e. The van der Waals surface area contributed by atoms with E-state index >= 15 is 0 Å². The van der Waals surface area contributed by atoms with Gasteiger partial charge in [-0.3, -0.25) is 20.4 Å². The molecule has 20 heavy (non-hydrogen) atoms. The second-order valence-electron chi connectivity index (χ2n) is 5.04. The van der Waals surface area contributed by atoms with E-state index in [2.05, 4.69) is 15.6 Å².